The number of rotatable bonds is 3. The Morgan fingerprint density at radius 3 is 2.29 bits per heavy atom. The van der Waals surface area contributed by atoms with Crippen LogP contribution in [0.3, 0.4) is 0 Å². The van der Waals surface area contributed by atoms with Crippen LogP contribution in [-0.2, 0) is 0 Å². The van der Waals surface area contributed by atoms with E-state index in [1.807, 2.05) is 62.4 Å². The minimum Gasteiger partial charge on any atom is -0.289 e. The molecule has 0 bridgehead atoms. The molecule has 1 rings (SSSR count). The summed E-state index contributed by atoms with van der Waals surface area (Å²) in [7, 11) is 0. The molecule has 1 aromatic rings. The molecule has 1 nitrogen and oxygen atoms in total. The lowest BCUT2D eigenvalue weighted by Crippen LogP contribution is -2.00. The first kappa shape index (κ1) is 10.5. The van der Waals surface area contributed by atoms with Crippen molar-refractivity contribution >= 4 is 5.78 Å². The Bertz CT molecular complexity index is 358. The van der Waals surface area contributed by atoms with Crippen molar-refractivity contribution in [3.05, 3.63) is 59.7 Å². The summed E-state index contributed by atoms with van der Waals surface area (Å²) >= 11 is 0. The highest BCUT2D eigenvalue weighted by atomic mass is 16.1. The van der Waals surface area contributed by atoms with Crippen molar-refractivity contribution in [1.82, 2.24) is 0 Å². The molecule has 14 heavy (non-hydrogen) atoms. The molecule has 0 heterocycles. The van der Waals surface area contributed by atoms with E-state index >= 15 is 0 Å². The molecule has 0 fully saturated rings. The zero-order valence-electron chi connectivity index (χ0n) is 8.53. The van der Waals surface area contributed by atoms with Gasteiger partial charge < -0.3 is 0 Å². The number of carbonyl (C=O) groups excluding carboxylic acids is 1. The molecule has 0 saturated heterocycles. The SMILES string of the molecule is C/C=C\C(=C/C)C(=O)c1ccccc1. The fourth-order valence-electron chi connectivity index (χ4n) is 1.24. The van der Waals surface area contributed by atoms with E-state index in [0.29, 0.717) is 0 Å². The Morgan fingerprint density at radius 1 is 1.14 bits per heavy atom. The monoisotopic (exact) mass is 186 g/mol. The molecule has 0 aromatic heterocycles. The molecule has 0 aliphatic heterocycles. The summed E-state index contributed by atoms with van der Waals surface area (Å²) in [4.78, 5) is 11.8. The lowest BCUT2D eigenvalue weighted by molar-refractivity contribution is 0.103. The molecule has 0 aliphatic rings. The fraction of sp³-hybridized carbons (Fsp3) is 0.154. The van der Waals surface area contributed by atoms with Crippen molar-refractivity contribution in [3.63, 3.8) is 0 Å². The first-order chi connectivity index (χ1) is 6.79. The van der Waals surface area contributed by atoms with E-state index in [4.69, 9.17) is 0 Å². The predicted molar refractivity (Wildman–Crippen MR) is 59.3 cm³/mol. The average Bonchev–Trinajstić information content (AvgIpc) is 2.26. The van der Waals surface area contributed by atoms with Gasteiger partial charge in [-0.15, -0.1) is 0 Å². The van der Waals surface area contributed by atoms with Gasteiger partial charge in [-0.25, -0.2) is 0 Å². The summed E-state index contributed by atoms with van der Waals surface area (Å²) in [5.74, 6) is 0.0752. The average molecular weight is 186 g/mol. The van der Waals surface area contributed by atoms with Crippen LogP contribution < -0.4 is 0 Å². The van der Waals surface area contributed by atoms with E-state index in [0.717, 1.165) is 11.1 Å². The number of hydrogen-bond acceptors (Lipinski definition) is 1. The number of hydrogen-bond donors (Lipinski definition) is 0. The van der Waals surface area contributed by atoms with Crippen molar-refractivity contribution in [2.24, 2.45) is 0 Å². The molecule has 0 radical (unpaired) electrons. The Balaban J connectivity index is 2.96. The maximum atomic E-state index is 11.8. The van der Waals surface area contributed by atoms with Gasteiger partial charge in [0.2, 0.25) is 0 Å². The predicted octanol–water partition coefficient (Wildman–Crippen LogP) is 3.39. The molecule has 0 unspecified atom stereocenters. The molecule has 0 amide bonds. The maximum Gasteiger partial charge on any atom is 0.192 e. The smallest absolute Gasteiger partial charge is 0.192 e. The van der Waals surface area contributed by atoms with Crippen LogP contribution >= 0.6 is 0 Å². The molecule has 1 aromatic carbocycles. The van der Waals surface area contributed by atoms with Crippen LogP contribution in [0.25, 0.3) is 0 Å². The second-order valence-corrected chi connectivity index (χ2v) is 2.94. The van der Waals surface area contributed by atoms with Gasteiger partial charge in [-0.05, 0) is 13.8 Å². The lowest BCUT2D eigenvalue weighted by atomic mass is 10.0. The van der Waals surface area contributed by atoms with Gasteiger partial charge in [0.25, 0.3) is 0 Å². The molecule has 0 atom stereocenters. The van der Waals surface area contributed by atoms with Gasteiger partial charge in [0.05, 0.1) is 0 Å². The third-order valence-corrected chi connectivity index (χ3v) is 1.96. The number of benzene rings is 1. The molecular weight excluding hydrogens is 172 g/mol. The molecule has 1 heteroatoms. The Kier molecular flexibility index (Phi) is 3.86. The summed E-state index contributed by atoms with van der Waals surface area (Å²) in [5, 5.41) is 0. The van der Waals surface area contributed by atoms with E-state index < -0.39 is 0 Å². The molecule has 0 saturated carbocycles. The van der Waals surface area contributed by atoms with Gasteiger partial charge >= 0.3 is 0 Å². The molecule has 0 aliphatic carbocycles. The van der Waals surface area contributed by atoms with Crippen LogP contribution in [0.1, 0.15) is 24.2 Å². The first-order valence-electron chi connectivity index (χ1n) is 4.68. The quantitative estimate of drug-likeness (QED) is 0.401. The Labute approximate surface area is 84.8 Å². The van der Waals surface area contributed by atoms with E-state index in [2.05, 4.69) is 0 Å². The summed E-state index contributed by atoms with van der Waals surface area (Å²) in [6.07, 6.45) is 5.53. The second-order valence-electron chi connectivity index (χ2n) is 2.94. The highest BCUT2D eigenvalue weighted by molar-refractivity contribution is 6.10. The normalized spacial score (nSPS) is 12.0. The van der Waals surface area contributed by atoms with Crippen molar-refractivity contribution in [1.29, 1.82) is 0 Å². The van der Waals surface area contributed by atoms with Crippen LogP contribution in [0.4, 0.5) is 0 Å². The first-order valence-corrected chi connectivity index (χ1v) is 4.68. The van der Waals surface area contributed by atoms with Crippen LogP contribution in [0.2, 0.25) is 0 Å². The van der Waals surface area contributed by atoms with E-state index in [-0.39, 0.29) is 5.78 Å². The molecule has 0 N–H and O–H groups in total. The topological polar surface area (TPSA) is 17.1 Å². The summed E-state index contributed by atoms with van der Waals surface area (Å²) in [6, 6.07) is 9.30. The van der Waals surface area contributed by atoms with Gasteiger partial charge in [-0.3, -0.25) is 4.79 Å². The number of carbonyl (C=O) groups is 1. The van der Waals surface area contributed by atoms with Gasteiger partial charge in [-0.2, -0.15) is 0 Å². The van der Waals surface area contributed by atoms with E-state index in [1.165, 1.54) is 0 Å². The van der Waals surface area contributed by atoms with Crippen molar-refractivity contribution in [2.75, 3.05) is 0 Å². The molecular formula is C13H14O. The summed E-state index contributed by atoms with van der Waals surface area (Å²) in [6.45, 7) is 3.78. The number of ketones is 1. The molecule has 72 valence electrons. The molecule has 0 spiro atoms. The Morgan fingerprint density at radius 2 is 1.79 bits per heavy atom. The van der Waals surface area contributed by atoms with Gasteiger partial charge in [0.15, 0.2) is 5.78 Å². The van der Waals surface area contributed by atoms with E-state index in [9.17, 15) is 4.79 Å². The van der Waals surface area contributed by atoms with Crippen LogP contribution in [0, 0.1) is 0 Å². The van der Waals surface area contributed by atoms with Crippen LogP contribution in [0.15, 0.2) is 54.1 Å². The Hall–Kier alpha value is -1.63. The third-order valence-electron chi connectivity index (χ3n) is 1.96. The van der Waals surface area contributed by atoms with Crippen molar-refractivity contribution in [2.45, 2.75) is 13.8 Å². The minimum atomic E-state index is 0.0752. The lowest BCUT2D eigenvalue weighted by Gasteiger charge is -2.00. The summed E-state index contributed by atoms with van der Waals surface area (Å²) < 4.78 is 0. The minimum absolute atomic E-state index is 0.0752. The summed E-state index contributed by atoms with van der Waals surface area (Å²) in [5.41, 5.74) is 1.47. The zero-order chi connectivity index (χ0) is 10.4. The van der Waals surface area contributed by atoms with E-state index in [1.54, 1.807) is 0 Å². The fourth-order valence-corrected chi connectivity index (χ4v) is 1.24. The highest BCUT2D eigenvalue weighted by Gasteiger charge is 2.06. The van der Waals surface area contributed by atoms with Gasteiger partial charge in [-0.1, -0.05) is 48.6 Å². The van der Waals surface area contributed by atoms with Crippen molar-refractivity contribution in [3.8, 4) is 0 Å². The van der Waals surface area contributed by atoms with Gasteiger partial charge in [0, 0.05) is 11.1 Å². The third kappa shape index (κ3) is 2.43. The zero-order valence-corrected chi connectivity index (χ0v) is 8.53. The second kappa shape index (κ2) is 5.18. The number of allylic oxidation sites excluding steroid dienone is 4. The standard InChI is InChI=1S/C13H14O/c1-3-8-11(4-2)13(14)12-9-6-5-7-10-12/h3-10H,1-2H3/b8-3-,11-4+. The van der Waals surface area contributed by atoms with Crippen molar-refractivity contribution < 1.29 is 4.79 Å². The highest BCUT2D eigenvalue weighted by Crippen LogP contribution is 2.09. The largest absolute Gasteiger partial charge is 0.289 e. The van der Waals surface area contributed by atoms with Crippen LogP contribution in [0.5, 0.6) is 0 Å². The maximum absolute atomic E-state index is 11.8. The van der Waals surface area contributed by atoms with Gasteiger partial charge in [0.1, 0.15) is 0 Å². The number of Topliss-reactive ketones (excluding diaryl/α,β-unsaturated/α-hetero) is 1. The van der Waals surface area contributed by atoms with Crippen LogP contribution in [-0.4, -0.2) is 5.78 Å².